The van der Waals surface area contributed by atoms with Crippen molar-refractivity contribution in [1.29, 1.82) is 0 Å². The maximum atomic E-state index is 12.1. The summed E-state index contributed by atoms with van der Waals surface area (Å²) in [6.45, 7) is -0.258. The highest BCUT2D eigenvalue weighted by Crippen LogP contribution is 2.22. The number of alkyl halides is 3. The Hall–Kier alpha value is -0.820. The van der Waals surface area contributed by atoms with E-state index in [1.807, 2.05) is 0 Å². The standard InChI is InChI=1S/C10H17F3N2O2/c11-10(12,13)7-15-4-1-8(2-5-15)9(17)14-3-6-16/h8,16H,1-7H2,(H,14,17). The number of hydrogen-bond acceptors (Lipinski definition) is 3. The van der Waals surface area contributed by atoms with Gasteiger partial charge in [0.05, 0.1) is 13.2 Å². The molecule has 2 N–H and O–H groups in total. The molecule has 1 heterocycles. The Labute approximate surface area is 97.8 Å². The molecule has 1 rings (SSSR count). The molecule has 0 aromatic carbocycles. The summed E-state index contributed by atoms with van der Waals surface area (Å²) in [5.74, 6) is -0.406. The van der Waals surface area contributed by atoms with Gasteiger partial charge in [-0.3, -0.25) is 9.69 Å². The highest BCUT2D eigenvalue weighted by atomic mass is 19.4. The molecule has 0 spiro atoms. The van der Waals surface area contributed by atoms with Crippen LogP contribution in [-0.2, 0) is 4.79 Å². The summed E-state index contributed by atoms with van der Waals surface area (Å²) >= 11 is 0. The van der Waals surface area contributed by atoms with Crippen molar-refractivity contribution < 1.29 is 23.1 Å². The van der Waals surface area contributed by atoms with Crippen LogP contribution in [0.3, 0.4) is 0 Å². The summed E-state index contributed by atoms with van der Waals surface area (Å²) in [6, 6.07) is 0. The number of likely N-dealkylation sites (tertiary alicyclic amines) is 1. The van der Waals surface area contributed by atoms with Gasteiger partial charge in [0.1, 0.15) is 0 Å². The Bertz CT molecular complexity index is 250. The van der Waals surface area contributed by atoms with Crippen LogP contribution in [0.5, 0.6) is 0 Å². The van der Waals surface area contributed by atoms with E-state index in [-0.39, 0.29) is 38.1 Å². The first-order valence-electron chi connectivity index (χ1n) is 5.60. The summed E-state index contributed by atoms with van der Waals surface area (Å²) in [7, 11) is 0. The van der Waals surface area contributed by atoms with E-state index in [1.54, 1.807) is 0 Å². The van der Waals surface area contributed by atoms with Crippen LogP contribution >= 0.6 is 0 Å². The molecular formula is C10H17F3N2O2. The molecule has 100 valence electrons. The van der Waals surface area contributed by atoms with Crippen LogP contribution in [-0.4, -0.2) is 54.9 Å². The highest BCUT2D eigenvalue weighted by Gasteiger charge is 2.33. The van der Waals surface area contributed by atoms with E-state index in [2.05, 4.69) is 5.32 Å². The number of nitrogens with zero attached hydrogens (tertiary/aromatic N) is 1. The number of hydrogen-bond donors (Lipinski definition) is 2. The van der Waals surface area contributed by atoms with E-state index in [1.165, 1.54) is 4.90 Å². The predicted octanol–water partition coefficient (Wildman–Crippen LogP) is 0.369. The normalized spacial score (nSPS) is 19.3. The number of carbonyl (C=O) groups excluding carboxylic acids is 1. The number of piperidine rings is 1. The number of carbonyl (C=O) groups is 1. The van der Waals surface area contributed by atoms with Crippen LogP contribution in [0, 0.1) is 5.92 Å². The number of nitrogens with one attached hydrogen (secondary N) is 1. The molecule has 0 unspecified atom stereocenters. The van der Waals surface area contributed by atoms with E-state index < -0.39 is 12.7 Å². The molecule has 4 nitrogen and oxygen atoms in total. The van der Waals surface area contributed by atoms with Gasteiger partial charge in [0, 0.05) is 12.5 Å². The first-order valence-corrected chi connectivity index (χ1v) is 5.60. The lowest BCUT2D eigenvalue weighted by Gasteiger charge is -2.31. The lowest BCUT2D eigenvalue weighted by atomic mass is 9.96. The summed E-state index contributed by atoms with van der Waals surface area (Å²) in [4.78, 5) is 12.8. The molecule has 0 aromatic heterocycles. The minimum absolute atomic E-state index is 0.126. The molecular weight excluding hydrogens is 237 g/mol. The van der Waals surface area contributed by atoms with Crippen molar-refractivity contribution in [3.63, 3.8) is 0 Å². The number of amides is 1. The van der Waals surface area contributed by atoms with Gasteiger partial charge in [-0.25, -0.2) is 0 Å². The van der Waals surface area contributed by atoms with Crippen molar-refractivity contribution in [3.05, 3.63) is 0 Å². The number of aliphatic hydroxyl groups excluding tert-OH is 1. The quantitative estimate of drug-likeness (QED) is 0.762. The van der Waals surface area contributed by atoms with Gasteiger partial charge in [-0.1, -0.05) is 0 Å². The number of aliphatic hydroxyl groups is 1. The Balaban J connectivity index is 2.28. The topological polar surface area (TPSA) is 52.6 Å². The lowest BCUT2D eigenvalue weighted by Crippen LogP contribution is -2.44. The Morgan fingerprint density at radius 2 is 1.94 bits per heavy atom. The van der Waals surface area contributed by atoms with Crippen molar-refractivity contribution >= 4 is 5.91 Å². The highest BCUT2D eigenvalue weighted by molar-refractivity contribution is 5.78. The second-order valence-corrected chi connectivity index (χ2v) is 4.18. The third-order valence-corrected chi connectivity index (χ3v) is 2.77. The third-order valence-electron chi connectivity index (χ3n) is 2.77. The van der Waals surface area contributed by atoms with Crippen molar-refractivity contribution in [2.75, 3.05) is 32.8 Å². The van der Waals surface area contributed by atoms with Crippen molar-refractivity contribution in [2.45, 2.75) is 19.0 Å². The van der Waals surface area contributed by atoms with Crippen LogP contribution in [0.4, 0.5) is 13.2 Å². The minimum Gasteiger partial charge on any atom is -0.395 e. The molecule has 0 bridgehead atoms. The summed E-state index contributed by atoms with van der Waals surface area (Å²) in [5, 5.41) is 11.1. The summed E-state index contributed by atoms with van der Waals surface area (Å²) in [6.07, 6.45) is -3.30. The summed E-state index contributed by atoms with van der Waals surface area (Å²) in [5.41, 5.74) is 0. The third kappa shape index (κ3) is 5.36. The van der Waals surface area contributed by atoms with Gasteiger partial charge in [-0.2, -0.15) is 13.2 Å². The van der Waals surface area contributed by atoms with Gasteiger partial charge in [0.15, 0.2) is 0 Å². The van der Waals surface area contributed by atoms with Crippen LogP contribution in [0.15, 0.2) is 0 Å². The molecule has 1 saturated heterocycles. The lowest BCUT2D eigenvalue weighted by molar-refractivity contribution is -0.149. The first kappa shape index (κ1) is 14.2. The largest absolute Gasteiger partial charge is 0.401 e. The fraction of sp³-hybridized carbons (Fsp3) is 0.900. The molecule has 1 fully saturated rings. The second kappa shape index (κ2) is 6.20. The van der Waals surface area contributed by atoms with E-state index >= 15 is 0 Å². The van der Waals surface area contributed by atoms with Crippen LogP contribution in [0.2, 0.25) is 0 Å². The van der Waals surface area contributed by atoms with E-state index in [0.29, 0.717) is 12.8 Å². The Kier molecular flexibility index (Phi) is 5.20. The predicted molar refractivity (Wildman–Crippen MR) is 55.3 cm³/mol. The molecule has 0 aliphatic carbocycles. The van der Waals surface area contributed by atoms with E-state index in [4.69, 9.17) is 5.11 Å². The maximum absolute atomic E-state index is 12.1. The van der Waals surface area contributed by atoms with Gasteiger partial charge in [0.25, 0.3) is 0 Å². The zero-order valence-electron chi connectivity index (χ0n) is 9.46. The smallest absolute Gasteiger partial charge is 0.395 e. The molecule has 1 amide bonds. The van der Waals surface area contributed by atoms with Gasteiger partial charge >= 0.3 is 6.18 Å². The fourth-order valence-electron chi connectivity index (χ4n) is 1.93. The first-order chi connectivity index (χ1) is 7.92. The molecule has 1 aliphatic rings. The zero-order chi connectivity index (χ0) is 12.9. The van der Waals surface area contributed by atoms with Crippen LogP contribution in [0.1, 0.15) is 12.8 Å². The molecule has 17 heavy (non-hydrogen) atoms. The average Bonchev–Trinajstić information content (AvgIpc) is 2.24. The van der Waals surface area contributed by atoms with Crippen molar-refractivity contribution in [3.8, 4) is 0 Å². The molecule has 0 saturated carbocycles. The second-order valence-electron chi connectivity index (χ2n) is 4.18. The van der Waals surface area contributed by atoms with Gasteiger partial charge in [-0.05, 0) is 25.9 Å². The van der Waals surface area contributed by atoms with E-state index in [9.17, 15) is 18.0 Å². The molecule has 0 aromatic rings. The molecule has 0 atom stereocenters. The number of halogens is 3. The maximum Gasteiger partial charge on any atom is 0.401 e. The monoisotopic (exact) mass is 254 g/mol. The van der Waals surface area contributed by atoms with Crippen molar-refractivity contribution in [1.82, 2.24) is 10.2 Å². The van der Waals surface area contributed by atoms with Crippen molar-refractivity contribution in [2.24, 2.45) is 5.92 Å². The Morgan fingerprint density at radius 3 is 2.41 bits per heavy atom. The fourth-order valence-corrected chi connectivity index (χ4v) is 1.93. The van der Waals surface area contributed by atoms with E-state index in [0.717, 1.165) is 0 Å². The molecule has 7 heteroatoms. The van der Waals surface area contributed by atoms with Gasteiger partial charge in [-0.15, -0.1) is 0 Å². The number of rotatable bonds is 4. The van der Waals surface area contributed by atoms with Gasteiger partial charge in [0.2, 0.25) is 5.91 Å². The van der Waals surface area contributed by atoms with Crippen LogP contribution < -0.4 is 5.32 Å². The Morgan fingerprint density at radius 1 is 1.35 bits per heavy atom. The van der Waals surface area contributed by atoms with Crippen LogP contribution in [0.25, 0.3) is 0 Å². The molecule has 1 aliphatic heterocycles. The summed E-state index contributed by atoms with van der Waals surface area (Å²) < 4.78 is 36.3. The minimum atomic E-state index is -4.17. The molecule has 0 radical (unpaired) electrons. The average molecular weight is 254 g/mol. The zero-order valence-corrected chi connectivity index (χ0v) is 9.46. The van der Waals surface area contributed by atoms with Gasteiger partial charge < -0.3 is 10.4 Å². The SMILES string of the molecule is O=C(NCCO)C1CCN(CC(F)(F)F)CC1.